The van der Waals surface area contributed by atoms with Crippen LogP contribution in [-0.2, 0) is 4.79 Å². The molecule has 1 rings (SSSR count). The average Bonchev–Trinajstić information content (AvgIpc) is 2.70. The van der Waals surface area contributed by atoms with E-state index in [0.717, 1.165) is 25.8 Å². The zero-order chi connectivity index (χ0) is 14.0. The molecule has 3 heteroatoms. The zero-order valence-electron chi connectivity index (χ0n) is 12.4. The van der Waals surface area contributed by atoms with Crippen LogP contribution in [0.1, 0.15) is 59.8 Å². The van der Waals surface area contributed by atoms with Crippen molar-refractivity contribution in [2.75, 3.05) is 6.54 Å². The van der Waals surface area contributed by atoms with Crippen LogP contribution in [0.3, 0.4) is 0 Å². The normalized spacial score (nSPS) is 21.1. The second-order valence-electron chi connectivity index (χ2n) is 4.56. The van der Waals surface area contributed by atoms with Gasteiger partial charge in [-0.25, -0.2) is 0 Å². The first kappa shape index (κ1) is 17.2. The molecule has 0 aliphatic carbocycles. The van der Waals surface area contributed by atoms with Crippen LogP contribution in [0.15, 0.2) is 12.2 Å². The van der Waals surface area contributed by atoms with Crippen molar-refractivity contribution >= 4 is 5.91 Å². The van der Waals surface area contributed by atoms with Gasteiger partial charge >= 0.3 is 0 Å². The molecule has 1 aliphatic heterocycles. The van der Waals surface area contributed by atoms with Crippen molar-refractivity contribution in [2.24, 2.45) is 0 Å². The highest BCUT2D eigenvalue weighted by Gasteiger charge is 2.27. The van der Waals surface area contributed by atoms with Gasteiger partial charge in [0, 0.05) is 13.0 Å². The van der Waals surface area contributed by atoms with Crippen LogP contribution < -0.4 is 0 Å². The van der Waals surface area contributed by atoms with Crippen LogP contribution in [0.2, 0.25) is 0 Å². The summed E-state index contributed by atoms with van der Waals surface area (Å²) in [6.07, 6.45) is 8.25. The predicted octanol–water partition coefficient (Wildman–Crippen LogP) is 3.13. The second kappa shape index (κ2) is 10.1. The van der Waals surface area contributed by atoms with Crippen molar-refractivity contribution in [3.8, 4) is 0 Å². The van der Waals surface area contributed by atoms with E-state index in [1.807, 2.05) is 24.8 Å². The van der Waals surface area contributed by atoms with E-state index in [-0.39, 0.29) is 18.1 Å². The molecule has 0 aromatic heterocycles. The first-order chi connectivity index (χ1) is 8.65. The van der Waals surface area contributed by atoms with Crippen molar-refractivity contribution in [1.82, 2.24) is 4.90 Å². The molecule has 0 saturated carbocycles. The molecule has 0 radical (unpaired) electrons. The Hall–Kier alpha value is -0.830. The van der Waals surface area contributed by atoms with Crippen molar-refractivity contribution in [1.29, 1.82) is 0 Å². The van der Waals surface area contributed by atoms with E-state index in [4.69, 9.17) is 5.11 Å². The molecular formula is C15H29NO2. The summed E-state index contributed by atoms with van der Waals surface area (Å²) in [7, 11) is 0. The lowest BCUT2D eigenvalue weighted by molar-refractivity contribution is -0.128. The molecule has 0 aromatic carbocycles. The lowest BCUT2D eigenvalue weighted by Gasteiger charge is -2.22. The van der Waals surface area contributed by atoms with E-state index in [1.165, 1.54) is 0 Å². The summed E-state index contributed by atoms with van der Waals surface area (Å²) in [5.41, 5.74) is 0. The number of likely N-dealkylation sites (tertiary alicyclic amines) is 1. The molecule has 0 aromatic rings. The zero-order valence-corrected chi connectivity index (χ0v) is 12.4. The van der Waals surface area contributed by atoms with E-state index in [9.17, 15) is 4.79 Å². The Morgan fingerprint density at radius 1 is 1.50 bits per heavy atom. The van der Waals surface area contributed by atoms with E-state index < -0.39 is 0 Å². The molecular weight excluding hydrogens is 226 g/mol. The van der Waals surface area contributed by atoms with Crippen LogP contribution in [0.5, 0.6) is 0 Å². The van der Waals surface area contributed by atoms with Crippen LogP contribution in [0, 0.1) is 0 Å². The average molecular weight is 255 g/mol. The van der Waals surface area contributed by atoms with Gasteiger partial charge in [-0.05, 0) is 26.2 Å². The summed E-state index contributed by atoms with van der Waals surface area (Å²) in [4.78, 5) is 13.6. The van der Waals surface area contributed by atoms with Crippen molar-refractivity contribution in [2.45, 2.75) is 71.9 Å². The fourth-order valence-corrected chi connectivity index (χ4v) is 2.01. The monoisotopic (exact) mass is 255 g/mol. The van der Waals surface area contributed by atoms with E-state index >= 15 is 0 Å². The molecule has 18 heavy (non-hydrogen) atoms. The van der Waals surface area contributed by atoms with Gasteiger partial charge in [0.05, 0.1) is 12.1 Å². The molecule has 1 heterocycles. The lowest BCUT2D eigenvalue weighted by atomic mass is 10.1. The standard InChI is InChI=1S/C13H23NO2.C2H6/c1-3-4-10-14-12(8-9-13(14)16)7-5-6-11(2)15;1-2/h5,7,11-12,15H,3-4,6,8-10H2,1-2H3;1-2H3/b7-5+;/t11-,12+;/m1./s1. The van der Waals surface area contributed by atoms with Gasteiger partial charge in [-0.2, -0.15) is 0 Å². The number of amides is 1. The third-order valence-electron chi connectivity index (χ3n) is 2.96. The summed E-state index contributed by atoms with van der Waals surface area (Å²) in [6, 6.07) is 0.262. The highest BCUT2D eigenvalue weighted by molar-refractivity contribution is 5.79. The Balaban J connectivity index is 0.00000137. The maximum atomic E-state index is 11.6. The first-order valence-electron chi connectivity index (χ1n) is 7.29. The molecule has 1 aliphatic rings. The van der Waals surface area contributed by atoms with Gasteiger partial charge in [0.1, 0.15) is 0 Å². The van der Waals surface area contributed by atoms with Gasteiger partial charge in [-0.3, -0.25) is 4.79 Å². The fourth-order valence-electron chi connectivity index (χ4n) is 2.01. The largest absolute Gasteiger partial charge is 0.393 e. The van der Waals surface area contributed by atoms with Crippen LogP contribution in [0.4, 0.5) is 0 Å². The number of nitrogens with zero attached hydrogens (tertiary/aromatic N) is 1. The number of hydrogen-bond acceptors (Lipinski definition) is 2. The van der Waals surface area contributed by atoms with Crippen molar-refractivity contribution in [3.63, 3.8) is 0 Å². The maximum absolute atomic E-state index is 11.6. The van der Waals surface area contributed by atoms with Gasteiger partial charge < -0.3 is 10.0 Å². The number of unbranched alkanes of at least 4 members (excludes halogenated alkanes) is 1. The lowest BCUT2D eigenvalue weighted by Crippen LogP contribution is -2.32. The van der Waals surface area contributed by atoms with Crippen LogP contribution >= 0.6 is 0 Å². The number of carbonyl (C=O) groups excluding carboxylic acids is 1. The summed E-state index contributed by atoms with van der Waals surface area (Å²) in [5.74, 6) is 0.278. The molecule has 0 bridgehead atoms. The molecule has 2 atom stereocenters. The van der Waals surface area contributed by atoms with Gasteiger partial charge in [-0.15, -0.1) is 0 Å². The minimum atomic E-state index is -0.294. The molecule has 1 saturated heterocycles. The van der Waals surface area contributed by atoms with Crippen molar-refractivity contribution < 1.29 is 9.90 Å². The number of aliphatic hydroxyl groups excluding tert-OH is 1. The van der Waals surface area contributed by atoms with Crippen LogP contribution in [-0.4, -0.2) is 34.6 Å². The number of aliphatic hydroxyl groups is 1. The molecule has 0 unspecified atom stereocenters. The fraction of sp³-hybridized carbons (Fsp3) is 0.800. The predicted molar refractivity (Wildman–Crippen MR) is 76.4 cm³/mol. The van der Waals surface area contributed by atoms with Crippen LogP contribution in [0.25, 0.3) is 0 Å². The quantitative estimate of drug-likeness (QED) is 0.741. The molecule has 1 N–H and O–H groups in total. The topological polar surface area (TPSA) is 40.5 Å². The molecule has 3 nitrogen and oxygen atoms in total. The molecule has 1 fully saturated rings. The van der Waals surface area contributed by atoms with Gasteiger partial charge in [-0.1, -0.05) is 39.3 Å². The third-order valence-corrected chi connectivity index (χ3v) is 2.96. The molecule has 106 valence electrons. The minimum absolute atomic E-state index is 0.262. The Morgan fingerprint density at radius 2 is 2.17 bits per heavy atom. The Morgan fingerprint density at radius 3 is 2.72 bits per heavy atom. The summed E-state index contributed by atoms with van der Waals surface area (Å²) in [6.45, 7) is 8.79. The Kier molecular flexibility index (Phi) is 9.66. The first-order valence-corrected chi connectivity index (χ1v) is 7.29. The minimum Gasteiger partial charge on any atom is -0.393 e. The Labute approximate surface area is 112 Å². The van der Waals surface area contributed by atoms with Gasteiger partial charge in [0.15, 0.2) is 0 Å². The number of carbonyl (C=O) groups is 1. The SMILES string of the molecule is CC.CCCCN1C(=O)CC[C@@H]1/C=C/C[C@@H](C)O. The van der Waals surface area contributed by atoms with E-state index in [0.29, 0.717) is 12.8 Å². The highest BCUT2D eigenvalue weighted by atomic mass is 16.3. The molecule has 1 amide bonds. The smallest absolute Gasteiger partial charge is 0.223 e. The second-order valence-corrected chi connectivity index (χ2v) is 4.56. The number of hydrogen-bond donors (Lipinski definition) is 1. The summed E-state index contributed by atoms with van der Waals surface area (Å²) < 4.78 is 0. The van der Waals surface area contributed by atoms with E-state index in [2.05, 4.69) is 13.0 Å². The van der Waals surface area contributed by atoms with Gasteiger partial charge in [0.25, 0.3) is 0 Å². The third kappa shape index (κ3) is 6.20. The number of rotatable bonds is 6. The molecule has 0 spiro atoms. The van der Waals surface area contributed by atoms with E-state index in [1.54, 1.807) is 6.92 Å². The Bertz CT molecular complexity index is 249. The van der Waals surface area contributed by atoms with Gasteiger partial charge in [0.2, 0.25) is 5.91 Å². The summed E-state index contributed by atoms with van der Waals surface area (Å²) >= 11 is 0. The van der Waals surface area contributed by atoms with Crippen molar-refractivity contribution in [3.05, 3.63) is 12.2 Å². The summed E-state index contributed by atoms with van der Waals surface area (Å²) in [5, 5.41) is 9.15. The highest BCUT2D eigenvalue weighted by Crippen LogP contribution is 2.20. The maximum Gasteiger partial charge on any atom is 0.223 e.